The molecule has 1 aromatic carbocycles. The molecule has 3 amide bonds. The van der Waals surface area contributed by atoms with Crippen LogP contribution in [-0.2, 0) is 4.79 Å². The molecule has 0 bridgehead atoms. The van der Waals surface area contributed by atoms with Gasteiger partial charge in [0, 0.05) is 23.5 Å². The molecule has 2 atom stereocenters. The van der Waals surface area contributed by atoms with E-state index in [1.54, 1.807) is 7.05 Å². The second kappa shape index (κ2) is 5.23. The van der Waals surface area contributed by atoms with Crippen LogP contribution in [0.3, 0.4) is 0 Å². The van der Waals surface area contributed by atoms with Crippen LogP contribution >= 0.6 is 11.6 Å². The van der Waals surface area contributed by atoms with Crippen molar-refractivity contribution < 1.29 is 9.59 Å². The lowest BCUT2D eigenvalue weighted by molar-refractivity contribution is -0.126. The summed E-state index contributed by atoms with van der Waals surface area (Å²) in [6.45, 7) is 5.89. The van der Waals surface area contributed by atoms with E-state index < -0.39 is 18.2 Å². The number of guanidine groups is 1. The SMILES string of the molecule is CC1=C(C)N2C(=NC3C2C(=O)NC(=O)N3C)N1c1cccc(Cl)c1C. The fourth-order valence-corrected chi connectivity index (χ4v) is 3.75. The lowest BCUT2D eigenvalue weighted by Crippen LogP contribution is -2.63. The van der Waals surface area contributed by atoms with Gasteiger partial charge in [0.05, 0.1) is 5.69 Å². The van der Waals surface area contributed by atoms with Crippen LogP contribution in [0.4, 0.5) is 10.5 Å². The van der Waals surface area contributed by atoms with Crippen LogP contribution in [0.2, 0.25) is 5.02 Å². The van der Waals surface area contributed by atoms with Gasteiger partial charge < -0.3 is 4.90 Å². The van der Waals surface area contributed by atoms with Crippen molar-refractivity contribution in [3.8, 4) is 0 Å². The quantitative estimate of drug-likeness (QED) is 0.835. The van der Waals surface area contributed by atoms with Gasteiger partial charge in [0.1, 0.15) is 0 Å². The number of rotatable bonds is 1. The summed E-state index contributed by atoms with van der Waals surface area (Å²) in [5.74, 6) is 0.315. The van der Waals surface area contributed by atoms with Crippen LogP contribution in [0.1, 0.15) is 19.4 Å². The number of benzene rings is 1. The van der Waals surface area contributed by atoms with Gasteiger partial charge in [0.2, 0.25) is 5.96 Å². The van der Waals surface area contributed by atoms with Crippen molar-refractivity contribution in [1.82, 2.24) is 15.1 Å². The third-order valence-corrected chi connectivity index (χ3v) is 5.55. The van der Waals surface area contributed by atoms with Crippen LogP contribution in [0, 0.1) is 6.92 Å². The average molecular weight is 360 g/mol. The lowest BCUT2D eigenvalue weighted by atomic mass is 10.1. The molecule has 2 unspecified atom stereocenters. The maximum Gasteiger partial charge on any atom is 0.325 e. The summed E-state index contributed by atoms with van der Waals surface area (Å²) in [5.41, 5.74) is 3.77. The van der Waals surface area contributed by atoms with Gasteiger partial charge in [-0.1, -0.05) is 17.7 Å². The molecule has 0 saturated carbocycles. The number of fused-ring (bicyclic) bond motifs is 3. The van der Waals surface area contributed by atoms with Crippen molar-refractivity contribution in [2.75, 3.05) is 11.9 Å². The molecule has 130 valence electrons. The number of likely N-dealkylation sites (N-methyl/N-ethyl adjacent to an activating group) is 1. The average Bonchev–Trinajstić information content (AvgIpc) is 3.06. The molecule has 1 saturated heterocycles. The van der Waals surface area contributed by atoms with Crippen LogP contribution in [0.25, 0.3) is 0 Å². The van der Waals surface area contributed by atoms with Gasteiger partial charge in [-0.05, 0) is 38.5 Å². The van der Waals surface area contributed by atoms with Crippen molar-refractivity contribution >= 4 is 35.2 Å². The summed E-state index contributed by atoms with van der Waals surface area (Å²) in [7, 11) is 1.65. The number of amides is 3. The predicted molar refractivity (Wildman–Crippen MR) is 95.2 cm³/mol. The third kappa shape index (κ3) is 2.02. The Balaban J connectivity index is 1.85. The van der Waals surface area contributed by atoms with Gasteiger partial charge in [-0.2, -0.15) is 0 Å². The van der Waals surface area contributed by atoms with E-state index in [0.29, 0.717) is 11.0 Å². The zero-order valence-corrected chi connectivity index (χ0v) is 15.1. The Hall–Kier alpha value is -2.54. The number of aliphatic imine (C=N–C) groups is 1. The Morgan fingerprint density at radius 3 is 2.60 bits per heavy atom. The number of anilines is 1. The fraction of sp³-hybridized carbons (Fsp3) is 0.353. The normalized spacial score (nSPS) is 25.3. The van der Waals surface area contributed by atoms with E-state index in [9.17, 15) is 9.59 Å². The van der Waals surface area contributed by atoms with Gasteiger partial charge in [0.25, 0.3) is 5.91 Å². The van der Waals surface area contributed by atoms with Crippen molar-refractivity contribution in [2.45, 2.75) is 33.0 Å². The summed E-state index contributed by atoms with van der Waals surface area (Å²) in [6, 6.07) is 4.72. The molecule has 1 fully saturated rings. The highest BCUT2D eigenvalue weighted by Crippen LogP contribution is 2.40. The van der Waals surface area contributed by atoms with Gasteiger partial charge in [0.15, 0.2) is 12.2 Å². The number of hydrogen-bond acceptors (Lipinski definition) is 5. The Morgan fingerprint density at radius 1 is 1.16 bits per heavy atom. The maximum atomic E-state index is 12.5. The van der Waals surface area contributed by atoms with Crippen LogP contribution in [-0.4, -0.2) is 47.0 Å². The molecular formula is C17H18ClN5O2. The molecule has 25 heavy (non-hydrogen) atoms. The smallest absolute Gasteiger partial charge is 0.303 e. The van der Waals surface area contributed by atoms with E-state index in [0.717, 1.165) is 22.6 Å². The maximum absolute atomic E-state index is 12.5. The number of halogens is 1. The first-order chi connectivity index (χ1) is 11.8. The molecule has 7 nitrogen and oxygen atoms in total. The molecule has 0 aliphatic carbocycles. The van der Waals surface area contributed by atoms with Crippen LogP contribution in [0.5, 0.6) is 0 Å². The first-order valence-corrected chi connectivity index (χ1v) is 8.38. The number of carbonyl (C=O) groups excluding carboxylic acids is 2. The minimum absolute atomic E-state index is 0.330. The molecule has 3 aliphatic rings. The Kier molecular flexibility index (Phi) is 3.34. The first kappa shape index (κ1) is 16.0. The summed E-state index contributed by atoms with van der Waals surface area (Å²) in [6.07, 6.45) is -0.540. The number of nitrogens with zero attached hydrogens (tertiary/aromatic N) is 4. The molecule has 0 radical (unpaired) electrons. The number of imide groups is 1. The van der Waals surface area contributed by atoms with E-state index in [-0.39, 0.29) is 5.91 Å². The zero-order valence-electron chi connectivity index (χ0n) is 14.4. The summed E-state index contributed by atoms with van der Waals surface area (Å²) in [5, 5.41) is 3.06. The van der Waals surface area contributed by atoms with Gasteiger partial charge in [-0.3, -0.25) is 19.9 Å². The van der Waals surface area contributed by atoms with Crippen LogP contribution in [0.15, 0.2) is 34.6 Å². The van der Waals surface area contributed by atoms with E-state index in [4.69, 9.17) is 16.6 Å². The monoisotopic (exact) mass is 359 g/mol. The lowest BCUT2D eigenvalue weighted by Gasteiger charge is -2.35. The Labute approximate surface area is 150 Å². The second-order valence-corrected chi connectivity index (χ2v) is 6.86. The molecule has 3 aliphatic heterocycles. The molecular weight excluding hydrogens is 342 g/mol. The topological polar surface area (TPSA) is 68.2 Å². The molecule has 8 heteroatoms. The largest absolute Gasteiger partial charge is 0.325 e. The molecule has 1 aromatic rings. The van der Waals surface area contributed by atoms with E-state index >= 15 is 0 Å². The summed E-state index contributed by atoms with van der Waals surface area (Å²) < 4.78 is 0. The van der Waals surface area contributed by atoms with Crippen molar-refractivity contribution in [3.63, 3.8) is 0 Å². The summed E-state index contributed by atoms with van der Waals surface area (Å²) in [4.78, 5) is 34.5. The second-order valence-electron chi connectivity index (χ2n) is 6.45. The molecule has 0 aromatic heterocycles. The van der Waals surface area contributed by atoms with Gasteiger partial charge >= 0.3 is 6.03 Å². The predicted octanol–water partition coefficient (Wildman–Crippen LogP) is 2.27. The van der Waals surface area contributed by atoms with Crippen LogP contribution < -0.4 is 10.2 Å². The molecule has 0 spiro atoms. The third-order valence-electron chi connectivity index (χ3n) is 5.14. The van der Waals surface area contributed by atoms with Crippen molar-refractivity contribution in [1.29, 1.82) is 0 Å². The van der Waals surface area contributed by atoms with E-state index in [2.05, 4.69) is 5.32 Å². The number of carbonyl (C=O) groups is 2. The zero-order chi connectivity index (χ0) is 18.0. The van der Waals surface area contributed by atoms with Crippen molar-refractivity contribution in [2.24, 2.45) is 4.99 Å². The van der Waals surface area contributed by atoms with Crippen molar-refractivity contribution in [3.05, 3.63) is 40.2 Å². The first-order valence-electron chi connectivity index (χ1n) is 8.00. The highest BCUT2D eigenvalue weighted by Gasteiger charge is 2.53. The number of nitrogens with one attached hydrogen (secondary N) is 1. The van der Waals surface area contributed by atoms with Gasteiger partial charge in [-0.15, -0.1) is 0 Å². The number of allylic oxidation sites excluding steroid dienone is 2. The number of urea groups is 1. The minimum Gasteiger partial charge on any atom is -0.303 e. The van der Waals surface area contributed by atoms with Gasteiger partial charge in [-0.25, -0.2) is 9.79 Å². The molecule has 1 N–H and O–H groups in total. The Morgan fingerprint density at radius 2 is 1.88 bits per heavy atom. The summed E-state index contributed by atoms with van der Waals surface area (Å²) >= 11 is 6.29. The number of hydrogen-bond donors (Lipinski definition) is 1. The minimum atomic E-state index is -0.558. The highest BCUT2D eigenvalue weighted by molar-refractivity contribution is 6.32. The van der Waals surface area contributed by atoms with E-state index in [1.165, 1.54) is 4.90 Å². The molecule has 3 heterocycles. The highest BCUT2D eigenvalue weighted by atomic mass is 35.5. The van der Waals surface area contributed by atoms with E-state index in [1.807, 2.05) is 48.8 Å². The Bertz CT molecular complexity index is 878. The fourth-order valence-electron chi connectivity index (χ4n) is 3.58. The standard InChI is InChI=1S/C17H18ClN5O2/c1-8-11(18)6-5-7-12(8)22-9(2)10(3)23-13-14(19-16(22)23)21(4)17(25)20-15(13)24/h5-7,13-14H,1-4H3,(H,20,24,25). The molecule has 4 rings (SSSR count).